The predicted octanol–water partition coefficient (Wildman–Crippen LogP) is 2.16. The first-order valence-electron chi connectivity index (χ1n) is 7.02. The molecule has 24 heavy (non-hydrogen) atoms. The molecule has 0 aliphatic carbocycles. The first-order valence-corrected chi connectivity index (χ1v) is 7.40. The van der Waals surface area contributed by atoms with Crippen LogP contribution in [0.4, 0.5) is 11.5 Å². The number of hydrogen-bond donors (Lipinski definition) is 1. The van der Waals surface area contributed by atoms with E-state index in [4.69, 9.17) is 21.1 Å². The maximum absolute atomic E-state index is 12.1. The van der Waals surface area contributed by atoms with E-state index in [2.05, 4.69) is 10.4 Å². The molecule has 1 aliphatic rings. The number of nitrogens with zero attached hydrogens (tertiary/aromatic N) is 3. The van der Waals surface area contributed by atoms with Crippen molar-refractivity contribution in [2.75, 3.05) is 18.5 Å². The molecule has 10 heteroatoms. The van der Waals surface area contributed by atoms with Gasteiger partial charge >= 0.3 is 5.82 Å². The van der Waals surface area contributed by atoms with Gasteiger partial charge in [-0.1, -0.05) is 11.6 Å². The molecule has 0 unspecified atom stereocenters. The average Bonchev–Trinajstić information content (AvgIpc) is 2.83. The highest BCUT2D eigenvalue weighted by molar-refractivity contribution is 6.33. The molecule has 126 valence electrons. The van der Waals surface area contributed by atoms with Crippen LogP contribution in [0.15, 0.2) is 18.2 Å². The summed E-state index contributed by atoms with van der Waals surface area (Å²) >= 11 is 5.84. The highest BCUT2D eigenvalue weighted by atomic mass is 35.5. The fraction of sp³-hybridized carbons (Fsp3) is 0.286. The lowest BCUT2D eigenvalue weighted by atomic mass is 10.2. The monoisotopic (exact) mass is 352 g/mol. The lowest BCUT2D eigenvalue weighted by molar-refractivity contribution is -0.389. The van der Waals surface area contributed by atoms with E-state index >= 15 is 0 Å². The Balaban J connectivity index is 1.72. The Hall–Kier alpha value is -2.81. The fourth-order valence-corrected chi connectivity index (χ4v) is 2.44. The van der Waals surface area contributed by atoms with Crippen molar-refractivity contribution in [3.05, 3.63) is 39.0 Å². The van der Waals surface area contributed by atoms with Gasteiger partial charge in [-0.2, -0.15) is 4.68 Å². The summed E-state index contributed by atoms with van der Waals surface area (Å²) in [7, 11) is 0. The molecule has 0 saturated heterocycles. The zero-order chi connectivity index (χ0) is 17.3. The Bertz CT molecular complexity index is 820. The van der Waals surface area contributed by atoms with Crippen LogP contribution < -0.4 is 14.8 Å². The van der Waals surface area contributed by atoms with Gasteiger partial charge in [0.05, 0.1) is 10.8 Å². The SMILES string of the molecule is Cc1c(Cl)c([N+](=O)[O-])nn1CC(=O)Nc1ccc2c(c1)OCCO2. The number of ether oxygens (including phenoxy) is 2. The highest BCUT2D eigenvalue weighted by Gasteiger charge is 2.25. The third kappa shape index (κ3) is 3.11. The van der Waals surface area contributed by atoms with Gasteiger partial charge in [-0.3, -0.25) is 4.79 Å². The molecule has 0 radical (unpaired) electrons. The number of carbonyl (C=O) groups is 1. The van der Waals surface area contributed by atoms with Crippen LogP contribution in [0, 0.1) is 17.0 Å². The minimum atomic E-state index is -0.690. The summed E-state index contributed by atoms with van der Waals surface area (Å²) in [5.41, 5.74) is 0.871. The largest absolute Gasteiger partial charge is 0.486 e. The van der Waals surface area contributed by atoms with Crippen LogP contribution in [0.25, 0.3) is 0 Å². The van der Waals surface area contributed by atoms with E-state index < -0.39 is 16.6 Å². The topological polar surface area (TPSA) is 109 Å². The lowest BCUT2D eigenvalue weighted by Gasteiger charge is -2.18. The molecule has 1 amide bonds. The summed E-state index contributed by atoms with van der Waals surface area (Å²) in [6.45, 7) is 2.28. The minimum Gasteiger partial charge on any atom is -0.486 e. The predicted molar refractivity (Wildman–Crippen MR) is 84.7 cm³/mol. The van der Waals surface area contributed by atoms with Gasteiger partial charge in [0, 0.05) is 11.8 Å². The molecule has 1 N–H and O–H groups in total. The number of nitro groups is 1. The summed E-state index contributed by atoms with van der Waals surface area (Å²) in [4.78, 5) is 22.3. The average molecular weight is 353 g/mol. The van der Waals surface area contributed by atoms with E-state index in [0.717, 1.165) is 0 Å². The number of amides is 1. The number of hydrogen-bond acceptors (Lipinski definition) is 6. The smallest absolute Gasteiger partial charge is 0.408 e. The number of nitrogens with one attached hydrogen (secondary N) is 1. The van der Waals surface area contributed by atoms with Gasteiger partial charge in [0.15, 0.2) is 16.5 Å². The van der Waals surface area contributed by atoms with Crippen molar-refractivity contribution in [2.24, 2.45) is 0 Å². The third-order valence-corrected chi connectivity index (χ3v) is 3.85. The van der Waals surface area contributed by atoms with Crippen LogP contribution in [0.5, 0.6) is 11.5 Å². The van der Waals surface area contributed by atoms with Crippen molar-refractivity contribution in [3.63, 3.8) is 0 Å². The molecule has 1 aliphatic heterocycles. The second-order valence-corrected chi connectivity index (χ2v) is 5.42. The maximum Gasteiger partial charge on any atom is 0.408 e. The van der Waals surface area contributed by atoms with Crippen LogP contribution in [-0.4, -0.2) is 33.8 Å². The van der Waals surface area contributed by atoms with Crippen LogP contribution in [-0.2, 0) is 11.3 Å². The second kappa shape index (κ2) is 6.36. The van der Waals surface area contributed by atoms with Crippen LogP contribution >= 0.6 is 11.6 Å². The van der Waals surface area contributed by atoms with Crippen LogP contribution in [0.1, 0.15) is 5.69 Å². The quantitative estimate of drug-likeness (QED) is 0.667. The van der Waals surface area contributed by atoms with E-state index in [-0.39, 0.29) is 11.6 Å². The van der Waals surface area contributed by atoms with E-state index in [0.29, 0.717) is 36.1 Å². The maximum atomic E-state index is 12.1. The second-order valence-electron chi connectivity index (χ2n) is 5.04. The lowest BCUT2D eigenvalue weighted by Crippen LogP contribution is -2.21. The molecule has 1 aromatic heterocycles. The number of rotatable bonds is 4. The van der Waals surface area contributed by atoms with E-state index in [1.54, 1.807) is 25.1 Å². The fourth-order valence-electron chi connectivity index (χ4n) is 2.24. The summed E-state index contributed by atoms with van der Waals surface area (Å²) in [6, 6.07) is 5.03. The molecule has 1 aromatic carbocycles. The van der Waals surface area contributed by atoms with Crippen molar-refractivity contribution >= 4 is 29.0 Å². The molecule has 0 fully saturated rings. The van der Waals surface area contributed by atoms with Gasteiger partial charge in [0.2, 0.25) is 5.91 Å². The minimum absolute atomic E-state index is 0.0767. The Morgan fingerprint density at radius 1 is 1.42 bits per heavy atom. The highest BCUT2D eigenvalue weighted by Crippen LogP contribution is 2.32. The van der Waals surface area contributed by atoms with Gasteiger partial charge in [0.1, 0.15) is 19.8 Å². The van der Waals surface area contributed by atoms with Crippen molar-refractivity contribution in [1.29, 1.82) is 0 Å². The summed E-state index contributed by atoms with van der Waals surface area (Å²) in [5, 5.41) is 17.2. The molecule has 2 heterocycles. The first-order chi connectivity index (χ1) is 11.5. The number of carbonyl (C=O) groups excluding carboxylic acids is 1. The Kier molecular flexibility index (Phi) is 4.26. The number of aromatic nitrogens is 2. The Morgan fingerprint density at radius 2 is 2.12 bits per heavy atom. The van der Waals surface area contributed by atoms with Gasteiger partial charge < -0.3 is 24.9 Å². The Labute approximate surface area is 141 Å². The Morgan fingerprint density at radius 3 is 2.79 bits per heavy atom. The van der Waals surface area contributed by atoms with Crippen molar-refractivity contribution in [1.82, 2.24) is 9.78 Å². The molecule has 0 saturated carbocycles. The van der Waals surface area contributed by atoms with Gasteiger partial charge in [-0.05, 0) is 24.0 Å². The number of anilines is 1. The third-order valence-electron chi connectivity index (χ3n) is 3.41. The molecule has 0 atom stereocenters. The molecule has 0 bridgehead atoms. The number of benzene rings is 1. The molecular formula is C14H13ClN4O5. The van der Waals surface area contributed by atoms with Gasteiger partial charge in [-0.15, -0.1) is 0 Å². The first kappa shape index (κ1) is 16.1. The van der Waals surface area contributed by atoms with E-state index in [9.17, 15) is 14.9 Å². The number of fused-ring (bicyclic) bond motifs is 1. The van der Waals surface area contributed by atoms with Crippen LogP contribution in [0.3, 0.4) is 0 Å². The van der Waals surface area contributed by atoms with Crippen molar-refractivity contribution in [2.45, 2.75) is 13.5 Å². The summed E-state index contributed by atoms with van der Waals surface area (Å²) in [5.74, 6) is 0.294. The zero-order valence-corrected chi connectivity index (χ0v) is 13.4. The molecular weight excluding hydrogens is 340 g/mol. The zero-order valence-electron chi connectivity index (χ0n) is 12.6. The van der Waals surface area contributed by atoms with Crippen molar-refractivity contribution < 1.29 is 19.2 Å². The van der Waals surface area contributed by atoms with Crippen LogP contribution in [0.2, 0.25) is 5.02 Å². The van der Waals surface area contributed by atoms with Gasteiger partial charge in [-0.25, -0.2) is 0 Å². The van der Waals surface area contributed by atoms with E-state index in [1.165, 1.54) is 4.68 Å². The summed E-state index contributed by atoms with van der Waals surface area (Å²) < 4.78 is 12.0. The molecule has 9 nitrogen and oxygen atoms in total. The number of halogens is 1. The standard InChI is InChI=1S/C14H13ClN4O5/c1-8-13(15)14(19(21)22)17-18(8)7-12(20)16-9-2-3-10-11(6-9)24-5-4-23-10/h2-3,6H,4-5,7H2,1H3,(H,16,20). The van der Waals surface area contributed by atoms with Gasteiger partial charge in [0.25, 0.3) is 0 Å². The van der Waals surface area contributed by atoms with Crippen molar-refractivity contribution in [3.8, 4) is 11.5 Å². The molecule has 2 aromatic rings. The molecule has 3 rings (SSSR count). The molecule has 0 spiro atoms. The normalized spacial score (nSPS) is 12.8. The summed E-state index contributed by atoms with van der Waals surface area (Å²) in [6.07, 6.45) is 0. The van der Waals surface area contributed by atoms with E-state index in [1.807, 2.05) is 0 Å².